The Hall–Kier alpha value is -2.74. The lowest BCUT2D eigenvalue weighted by atomic mass is 10.1. The molecule has 1 aromatic heterocycles. The first-order chi connectivity index (χ1) is 12.7. The Morgan fingerprint density at radius 1 is 1.22 bits per heavy atom. The summed E-state index contributed by atoms with van der Waals surface area (Å²) in [6.45, 7) is 0. The van der Waals surface area contributed by atoms with E-state index in [2.05, 4.69) is 22.1 Å². The van der Waals surface area contributed by atoms with Crippen LogP contribution in [0.1, 0.15) is 29.9 Å². The molecule has 142 valence electrons. The molecule has 1 heterocycles. The van der Waals surface area contributed by atoms with Crippen molar-refractivity contribution in [2.45, 2.75) is 24.9 Å². The molecule has 0 radical (unpaired) electrons. The summed E-state index contributed by atoms with van der Waals surface area (Å²) in [4.78, 5) is 16.5. The van der Waals surface area contributed by atoms with Gasteiger partial charge in [-0.3, -0.25) is 5.32 Å². The zero-order valence-corrected chi connectivity index (χ0v) is 14.6. The monoisotopic (exact) mass is 397 g/mol. The summed E-state index contributed by atoms with van der Waals surface area (Å²) < 4.78 is 37.2. The zero-order valence-electron chi connectivity index (χ0n) is 13.8. The highest BCUT2D eigenvalue weighted by Crippen LogP contribution is 2.42. The Kier molecular flexibility index (Phi) is 5.27. The Labute approximate surface area is 157 Å². The molecule has 1 saturated carbocycles. The summed E-state index contributed by atoms with van der Waals surface area (Å²) in [5, 5.41) is 11.3. The van der Waals surface area contributed by atoms with Crippen molar-refractivity contribution < 1.29 is 23.1 Å². The molecule has 0 unspecified atom stereocenters. The van der Waals surface area contributed by atoms with Crippen molar-refractivity contribution in [3.05, 3.63) is 58.6 Å². The fourth-order valence-electron chi connectivity index (χ4n) is 2.55. The quantitative estimate of drug-likeness (QED) is 0.504. The second-order valence-electron chi connectivity index (χ2n) is 6.04. The van der Waals surface area contributed by atoms with Gasteiger partial charge in [-0.05, 0) is 48.6 Å². The number of halogens is 4. The van der Waals surface area contributed by atoms with E-state index in [0.29, 0.717) is 0 Å². The lowest BCUT2D eigenvalue weighted by Gasteiger charge is -2.04. The van der Waals surface area contributed by atoms with Crippen molar-refractivity contribution >= 4 is 34.7 Å². The van der Waals surface area contributed by atoms with Crippen LogP contribution in [0.15, 0.2) is 42.5 Å². The van der Waals surface area contributed by atoms with Gasteiger partial charge in [0.2, 0.25) is 5.95 Å². The van der Waals surface area contributed by atoms with Crippen LogP contribution in [0.25, 0.3) is 11.0 Å². The van der Waals surface area contributed by atoms with Crippen LogP contribution in [-0.2, 0) is 6.18 Å². The number of aromatic amines is 1. The van der Waals surface area contributed by atoms with E-state index in [0.717, 1.165) is 23.1 Å². The molecule has 9 heteroatoms. The third kappa shape index (κ3) is 4.91. The lowest BCUT2D eigenvalue weighted by Crippen LogP contribution is -2.08. The summed E-state index contributed by atoms with van der Waals surface area (Å²) in [6.07, 6.45) is -3.15. The number of fused-ring (bicyclic) bond motifs is 1. The van der Waals surface area contributed by atoms with Crippen molar-refractivity contribution in [3.8, 4) is 0 Å². The highest BCUT2D eigenvalue weighted by atomic mass is 35.5. The van der Waals surface area contributed by atoms with Gasteiger partial charge in [-0.1, -0.05) is 29.8 Å². The van der Waals surface area contributed by atoms with Crippen LogP contribution < -0.4 is 5.32 Å². The van der Waals surface area contributed by atoms with E-state index >= 15 is 0 Å². The topological polar surface area (TPSA) is 78.0 Å². The van der Waals surface area contributed by atoms with E-state index in [1.807, 2.05) is 17.4 Å². The zero-order chi connectivity index (χ0) is 19.6. The molecule has 2 aromatic carbocycles. The standard InChI is InChI=1S/C9H9Cl.C9H6F3N3O2/c10-9-4-2-1-3-8(9)7-5-6-7;10-9(11,12)4-1-2-5-6(3-4)14-7(13-5)15-8(16)17/h1-4,7H,5-6H2;1-3H,(H,16,17)(H2,13,14,15). The number of hydrogen-bond acceptors (Lipinski definition) is 2. The molecule has 3 aromatic rings. The van der Waals surface area contributed by atoms with E-state index in [9.17, 15) is 18.0 Å². The van der Waals surface area contributed by atoms with Crippen LogP contribution in [0.5, 0.6) is 0 Å². The van der Waals surface area contributed by atoms with Gasteiger partial charge in [0.25, 0.3) is 0 Å². The highest BCUT2D eigenvalue weighted by Gasteiger charge is 2.30. The van der Waals surface area contributed by atoms with Gasteiger partial charge >= 0.3 is 12.3 Å². The molecule has 1 aliphatic carbocycles. The van der Waals surface area contributed by atoms with E-state index in [1.54, 1.807) is 0 Å². The van der Waals surface area contributed by atoms with Gasteiger partial charge in [-0.2, -0.15) is 13.2 Å². The van der Waals surface area contributed by atoms with Gasteiger partial charge in [0.15, 0.2) is 0 Å². The number of benzene rings is 2. The minimum absolute atomic E-state index is 0.114. The van der Waals surface area contributed by atoms with Crippen molar-refractivity contribution in [3.63, 3.8) is 0 Å². The molecule has 1 amide bonds. The third-order valence-corrected chi connectivity index (χ3v) is 4.30. The number of H-pyrrole nitrogens is 1. The average Bonchev–Trinajstić information content (AvgIpc) is 3.34. The first-order valence-corrected chi connectivity index (χ1v) is 8.43. The Morgan fingerprint density at radius 3 is 2.52 bits per heavy atom. The summed E-state index contributed by atoms with van der Waals surface area (Å²) in [7, 11) is 0. The van der Waals surface area contributed by atoms with Crippen molar-refractivity contribution in [2.75, 3.05) is 5.32 Å². The molecule has 3 N–H and O–H groups in total. The Bertz CT molecular complexity index is 968. The van der Waals surface area contributed by atoms with Gasteiger partial charge in [0.05, 0.1) is 16.6 Å². The minimum Gasteiger partial charge on any atom is -0.465 e. The molecular formula is C18H15ClF3N3O2. The molecule has 1 aliphatic rings. The number of hydrogen-bond donors (Lipinski definition) is 3. The first kappa shape index (κ1) is 19.0. The maximum Gasteiger partial charge on any atom is 0.416 e. The fraction of sp³-hybridized carbons (Fsp3) is 0.222. The number of nitrogens with one attached hydrogen (secondary N) is 2. The van der Waals surface area contributed by atoms with Gasteiger partial charge in [0, 0.05) is 5.02 Å². The summed E-state index contributed by atoms with van der Waals surface area (Å²) >= 11 is 5.96. The molecule has 0 aliphatic heterocycles. The SMILES string of the molecule is Clc1ccccc1C1CC1.O=C(O)Nc1nc2ccc(C(F)(F)F)cc2[nH]1. The maximum atomic E-state index is 12.4. The van der Waals surface area contributed by atoms with E-state index in [-0.39, 0.29) is 17.0 Å². The molecule has 0 atom stereocenters. The van der Waals surface area contributed by atoms with E-state index < -0.39 is 17.8 Å². The molecule has 0 bridgehead atoms. The second kappa shape index (κ2) is 7.48. The number of anilines is 1. The molecule has 0 saturated heterocycles. The van der Waals surface area contributed by atoms with Crippen LogP contribution >= 0.6 is 11.6 Å². The van der Waals surface area contributed by atoms with Crippen molar-refractivity contribution in [1.29, 1.82) is 0 Å². The number of amides is 1. The van der Waals surface area contributed by atoms with Gasteiger partial charge in [0.1, 0.15) is 0 Å². The average molecular weight is 398 g/mol. The predicted molar refractivity (Wildman–Crippen MR) is 96.2 cm³/mol. The maximum absolute atomic E-state index is 12.4. The van der Waals surface area contributed by atoms with Crippen LogP contribution in [0.3, 0.4) is 0 Å². The number of carboxylic acid groups (broad SMARTS) is 1. The van der Waals surface area contributed by atoms with Crippen LogP contribution in [0, 0.1) is 0 Å². The van der Waals surface area contributed by atoms with Crippen LogP contribution in [-0.4, -0.2) is 21.2 Å². The Morgan fingerprint density at radius 2 is 1.93 bits per heavy atom. The summed E-state index contributed by atoms with van der Waals surface area (Å²) in [6, 6.07) is 11.0. The number of rotatable bonds is 2. The Balaban J connectivity index is 0.000000177. The fourth-order valence-corrected chi connectivity index (χ4v) is 2.84. The highest BCUT2D eigenvalue weighted by molar-refractivity contribution is 6.31. The normalized spacial score (nSPS) is 13.8. The number of nitrogens with zero attached hydrogens (tertiary/aromatic N) is 1. The van der Waals surface area contributed by atoms with Crippen molar-refractivity contribution in [2.24, 2.45) is 0 Å². The molecule has 27 heavy (non-hydrogen) atoms. The number of alkyl halides is 3. The predicted octanol–water partition coefficient (Wildman–Crippen LogP) is 5.89. The van der Waals surface area contributed by atoms with Gasteiger partial charge < -0.3 is 10.1 Å². The number of aromatic nitrogens is 2. The molecule has 1 fully saturated rings. The minimum atomic E-state index is -4.44. The van der Waals surface area contributed by atoms with Crippen LogP contribution in [0.4, 0.5) is 23.9 Å². The smallest absolute Gasteiger partial charge is 0.416 e. The summed E-state index contributed by atoms with van der Waals surface area (Å²) in [5.41, 5.74) is 0.880. The number of carbonyl (C=O) groups is 1. The van der Waals surface area contributed by atoms with E-state index in [1.165, 1.54) is 24.5 Å². The lowest BCUT2D eigenvalue weighted by molar-refractivity contribution is -0.137. The summed E-state index contributed by atoms with van der Waals surface area (Å²) in [5.74, 6) is 0.653. The van der Waals surface area contributed by atoms with Gasteiger partial charge in [-0.15, -0.1) is 0 Å². The van der Waals surface area contributed by atoms with Crippen LogP contribution in [0.2, 0.25) is 5.02 Å². The number of imidazole rings is 1. The largest absolute Gasteiger partial charge is 0.465 e. The molecule has 4 rings (SSSR count). The molecule has 0 spiro atoms. The van der Waals surface area contributed by atoms with Gasteiger partial charge in [-0.25, -0.2) is 9.78 Å². The first-order valence-electron chi connectivity index (χ1n) is 8.05. The molecular weight excluding hydrogens is 383 g/mol. The van der Waals surface area contributed by atoms with Crippen molar-refractivity contribution in [1.82, 2.24) is 9.97 Å². The third-order valence-electron chi connectivity index (χ3n) is 3.96. The second-order valence-corrected chi connectivity index (χ2v) is 6.45. The molecule has 5 nitrogen and oxygen atoms in total. The van der Waals surface area contributed by atoms with E-state index in [4.69, 9.17) is 16.7 Å².